The fraction of sp³-hybridized carbons (Fsp3) is 0.364. The van der Waals surface area contributed by atoms with E-state index in [1.54, 1.807) is 0 Å². The lowest BCUT2D eigenvalue weighted by Crippen LogP contribution is -2.36. The molecule has 0 unspecified atom stereocenters. The monoisotopic (exact) mass is 298 g/mol. The summed E-state index contributed by atoms with van der Waals surface area (Å²) in [7, 11) is 0. The zero-order chi connectivity index (χ0) is 13.2. The van der Waals surface area contributed by atoms with Crippen LogP contribution in [0.25, 0.3) is 10.2 Å². The molecule has 19 heavy (non-hydrogen) atoms. The molecular formula is C11H11ClN4O2S. The Morgan fingerprint density at radius 3 is 2.95 bits per heavy atom. The fourth-order valence-corrected chi connectivity index (χ4v) is 3.17. The molecule has 100 valence electrons. The summed E-state index contributed by atoms with van der Waals surface area (Å²) < 4.78 is 6.28. The van der Waals surface area contributed by atoms with Crippen LogP contribution >= 0.6 is 22.9 Å². The van der Waals surface area contributed by atoms with Crippen molar-refractivity contribution in [2.45, 2.75) is 0 Å². The minimum absolute atomic E-state index is 0.222. The molecule has 0 spiro atoms. The van der Waals surface area contributed by atoms with E-state index in [-0.39, 0.29) is 5.28 Å². The summed E-state index contributed by atoms with van der Waals surface area (Å²) in [4.78, 5) is 11.5. The van der Waals surface area contributed by atoms with Crippen molar-refractivity contribution in [3.63, 3.8) is 0 Å². The summed E-state index contributed by atoms with van der Waals surface area (Å²) in [6.45, 7) is 2.92. The van der Waals surface area contributed by atoms with Gasteiger partial charge in [-0.15, -0.1) is 11.3 Å². The number of morpholine rings is 1. The lowest BCUT2D eigenvalue weighted by atomic mass is 10.3. The average molecular weight is 299 g/mol. The summed E-state index contributed by atoms with van der Waals surface area (Å²) >= 11 is 7.45. The van der Waals surface area contributed by atoms with Crippen molar-refractivity contribution in [1.82, 2.24) is 9.97 Å². The minimum Gasteiger partial charge on any atom is -0.411 e. The molecular weight excluding hydrogens is 288 g/mol. The Bertz CT molecular complexity index is 624. The predicted octanol–water partition coefficient (Wildman–Crippen LogP) is 1.99. The van der Waals surface area contributed by atoms with Gasteiger partial charge in [-0.05, 0) is 17.7 Å². The molecule has 3 rings (SSSR count). The van der Waals surface area contributed by atoms with E-state index in [4.69, 9.17) is 21.5 Å². The molecule has 1 saturated heterocycles. The van der Waals surface area contributed by atoms with E-state index in [0.29, 0.717) is 13.2 Å². The van der Waals surface area contributed by atoms with Gasteiger partial charge in [-0.2, -0.15) is 4.98 Å². The third-order valence-corrected chi connectivity index (χ3v) is 4.06. The van der Waals surface area contributed by atoms with Crippen LogP contribution in [0, 0.1) is 0 Å². The van der Waals surface area contributed by atoms with E-state index in [2.05, 4.69) is 20.0 Å². The molecule has 6 nitrogen and oxygen atoms in total. The number of aromatic nitrogens is 2. The first kappa shape index (κ1) is 12.6. The first-order valence-electron chi connectivity index (χ1n) is 5.75. The van der Waals surface area contributed by atoms with Crippen LogP contribution in [0.2, 0.25) is 5.28 Å². The predicted molar refractivity (Wildman–Crippen MR) is 74.8 cm³/mol. The highest BCUT2D eigenvalue weighted by Crippen LogP contribution is 2.32. The summed E-state index contributed by atoms with van der Waals surface area (Å²) in [5.74, 6) is 0.820. The Hall–Kier alpha value is -1.44. The van der Waals surface area contributed by atoms with Gasteiger partial charge in [-0.1, -0.05) is 5.16 Å². The first-order chi connectivity index (χ1) is 9.28. The molecule has 0 aliphatic carbocycles. The first-order valence-corrected chi connectivity index (χ1v) is 6.94. The molecule has 0 saturated carbocycles. The van der Waals surface area contributed by atoms with Crippen molar-refractivity contribution >= 4 is 45.2 Å². The molecule has 0 bridgehead atoms. The van der Waals surface area contributed by atoms with E-state index in [1.807, 2.05) is 6.07 Å². The van der Waals surface area contributed by atoms with E-state index >= 15 is 0 Å². The van der Waals surface area contributed by atoms with Crippen molar-refractivity contribution in [3.05, 3.63) is 16.2 Å². The smallest absolute Gasteiger partial charge is 0.224 e. The van der Waals surface area contributed by atoms with Crippen LogP contribution in [-0.2, 0) is 4.74 Å². The van der Waals surface area contributed by atoms with Crippen molar-refractivity contribution in [2.24, 2.45) is 5.16 Å². The van der Waals surface area contributed by atoms with Gasteiger partial charge >= 0.3 is 0 Å². The van der Waals surface area contributed by atoms with Gasteiger partial charge in [0.05, 0.1) is 34.5 Å². The van der Waals surface area contributed by atoms with Gasteiger partial charge in [0, 0.05) is 13.1 Å². The number of fused-ring (bicyclic) bond motifs is 1. The fourth-order valence-electron chi connectivity index (χ4n) is 2.02. The molecule has 0 amide bonds. The van der Waals surface area contributed by atoms with E-state index in [0.717, 1.165) is 34.0 Å². The SMILES string of the molecule is O/N=C/c1cc2nc(Cl)nc(N3CCOCC3)c2s1. The van der Waals surface area contributed by atoms with Crippen LogP contribution in [0.5, 0.6) is 0 Å². The Kier molecular flexibility index (Phi) is 3.50. The lowest BCUT2D eigenvalue weighted by molar-refractivity contribution is 0.122. The highest BCUT2D eigenvalue weighted by atomic mass is 35.5. The number of halogens is 1. The number of oxime groups is 1. The Morgan fingerprint density at radius 1 is 1.42 bits per heavy atom. The summed E-state index contributed by atoms with van der Waals surface area (Å²) in [6.07, 6.45) is 1.38. The average Bonchev–Trinajstić information content (AvgIpc) is 2.81. The molecule has 2 aromatic heterocycles. The largest absolute Gasteiger partial charge is 0.411 e. The van der Waals surface area contributed by atoms with Crippen molar-refractivity contribution < 1.29 is 9.94 Å². The normalized spacial score (nSPS) is 16.6. The van der Waals surface area contributed by atoms with Crippen LogP contribution in [0.4, 0.5) is 5.82 Å². The molecule has 8 heteroatoms. The van der Waals surface area contributed by atoms with Gasteiger partial charge < -0.3 is 14.8 Å². The molecule has 1 fully saturated rings. The molecule has 1 aliphatic heterocycles. The molecule has 1 aliphatic rings. The maximum absolute atomic E-state index is 8.60. The molecule has 0 radical (unpaired) electrons. The second-order valence-electron chi connectivity index (χ2n) is 4.02. The van der Waals surface area contributed by atoms with Crippen LogP contribution in [0.1, 0.15) is 4.88 Å². The molecule has 1 N–H and O–H groups in total. The second kappa shape index (κ2) is 5.28. The van der Waals surface area contributed by atoms with Gasteiger partial charge in [-0.3, -0.25) is 0 Å². The Morgan fingerprint density at radius 2 is 2.21 bits per heavy atom. The zero-order valence-electron chi connectivity index (χ0n) is 9.91. The number of ether oxygens (including phenoxy) is 1. The van der Waals surface area contributed by atoms with Crippen molar-refractivity contribution in [3.8, 4) is 0 Å². The maximum atomic E-state index is 8.60. The quantitative estimate of drug-likeness (QED) is 0.397. The third kappa shape index (κ3) is 2.49. The highest BCUT2D eigenvalue weighted by Gasteiger charge is 2.18. The van der Waals surface area contributed by atoms with E-state index in [1.165, 1.54) is 17.6 Å². The standard InChI is InChI=1S/C11H11ClN4O2S/c12-11-14-8-5-7(6-13-17)19-9(8)10(15-11)16-1-3-18-4-2-16/h5-6,17H,1-4H2/b13-6+. The zero-order valence-corrected chi connectivity index (χ0v) is 11.5. The van der Waals surface area contributed by atoms with Gasteiger partial charge in [-0.25, -0.2) is 4.98 Å². The topological polar surface area (TPSA) is 70.8 Å². The number of anilines is 1. The molecule has 0 atom stereocenters. The van der Waals surface area contributed by atoms with Gasteiger partial charge in [0.2, 0.25) is 5.28 Å². The van der Waals surface area contributed by atoms with E-state index < -0.39 is 0 Å². The van der Waals surface area contributed by atoms with Gasteiger partial charge in [0.25, 0.3) is 0 Å². The van der Waals surface area contributed by atoms with Crippen LogP contribution in [0.15, 0.2) is 11.2 Å². The summed E-state index contributed by atoms with van der Waals surface area (Å²) in [5.41, 5.74) is 0.765. The maximum Gasteiger partial charge on any atom is 0.224 e. The molecule has 0 aromatic carbocycles. The van der Waals surface area contributed by atoms with Crippen LogP contribution < -0.4 is 4.90 Å². The van der Waals surface area contributed by atoms with Crippen molar-refractivity contribution in [2.75, 3.05) is 31.2 Å². The van der Waals surface area contributed by atoms with Gasteiger partial charge in [0.1, 0.15) is 0 Å². The second-order valence-corrected chi connectivity index (χ2v) is 5.45. The highest BCUT2D eigenvalue weighted by molar-refractivity contribution is 7.21. The Labute approximate surface area is 118 Å². The summed E-state index contributed by atoms with van der Waals surface area (Å²) in [6, 6.07) is 1.83. The third-order valence-electron chi connectivity index (χ3n) is 2.84. The van der Waals surface area contributed by atoms with Crippen LogP contribution in [-0.4, -0.2) is 47.7 Å². The van der Waals surface area contributed by atoms with E-state index in [9.17, 15) is 0 Å². The molecule has 3 heterocycles. The number of thiophene rings is 1. The minimum atomic E-state index is 0.222. The number of rotatable bonds is 2. The van der Waals surface area contributed by atoms with Crippen molar-refractivity contribution in [1.29, 1.82) is 0 Å². The van der Waals surface area contributed by atoms with Crippen LogP contribution in [0.3, 0.4) is 0 Å². The van der Waals surface area contributed by atoms with Gasteiger partial charge in [0.15, 0.2) is 5.82 Å². The number of hydrogen-bond donors (Lipinski definition) is 1. The number of nitrogens with zero attached hydrogens (tertiary/aromatic N) is 4. The Balaban J connectivity index is 2.10. The molecule has 2 aromatic rings. The number of hydrogen-bond acceptors (Lipinski definition) is 7. The summed E-state index contributed by atoms with van der Waals surface area (Å²) in [5, 5.41) is 11.9. The lowest BCUT2D eigenvalue weighted by Gasteiger charge is -2.28.